The van der Waals surface area contributed by atoms with Gasteiger partial charge in [-0.2, -0.15) is 0 Å². The van der Waals surface area contributed by atoms with Crippen LogP contribution in [-0.2, 0) is 24.9 Å². The number of hydrogen-bond acceptors (Lipinski definition) is 3. The van der Waals surface area contributed by atoms with Crippen molar-refractivity contribution >= 4 is 16.9 Å². The molecule has 1 aromatic carbocycles. The molecular weight excluding hydrogens is 264 g/mol. The highest BCUT2D eigenvalue weighted by molar-refractivity contribution is 6.04. The Morgan fingerprint density at radius 2 is 1.95 bits per heavy atom. The summed E-state index contributed by atoms with van der Waals surface area (Å²) < 4.78 is 7.18. The number of carbonyl (C=O) groups is 1. The van der Waals surface area contributed by atoms with Gasteiger partial charge in [0.1, 0.15) is 0 Å². The lowest BCUT2D eigenvalue weighted by molar-refractivity contribution is 0.0528. The Morgan fingerprint density at radius 1 is 1.29 bits per heavy atom. The topological polar surface area (TPSA) is 34.5 Å². The van der Waals surface area contributed by atoms with Gasteiger partial charge in [0.05, 0.1) is 12.2 Å². The molecule has 0 fully saturated rings. The minimum Gasteiger partial charge on any atom is -0.462 e. The second kappa shape index (κ2) is 5.19. The molecular formula is C17H22N2O2. The summed E-state index contributed by atoms with van der Waals surface area (Å²) in [6.07, 6.45) is 1.87. The van der Waals surface area contributed by atoms with E-state index in [4.69, 9.17) is 4.74 Å². The zero-order chi connectivity index (χ0) is 15.1. The molecule has 0 unspecified atom stereocenters. The van der Waals surface area contributed by atoms with Gasteiger partial charge < -0.3 is 9.30 Å². The molecule has 1 aliphatic rings. The molecule has 0 bridgehead atoms. The van der Waals surface area contributed by atoms with Crippen LogP contribution in [0.5, 0.6) is 0 Å². The van der Waals surface area contributed by atoms with Crippen LogP contribution in [0.4, 0.5) is 0 Å². The molecule has 4 nitrogen and oxygen atoms in total. The molecule has 21 heavy (non-hydrogen) atoms. The van der Waals surface area contributed by atoms with Crippen LogP contribution in [0.1, 0.15) is 42.3 Å². The number of ether oxygens (including phenoxy) is 1. The second-order valence-electron chi connectivity index (χ2n) is 6.01. The van der Waals surface area contributed by atoms with Gasteiger partial charge in [0.15, 0.2) is 0 Å². The van der Waals surface area contributed by atoms with Crippen LogP contribution in [0, 0.1) is 0 Å². The van der Waals surface area contributed by atoms with Crippen molar-refractivity contribution in [3.63, 3.8) is 0 Å². The molecule has 3 rings (SSSR count). The quantitative estimate of drug-likeness (QED) is 0.813. The van der Waals surface area contributed by atoms with E-state index in [1.54, 1.807) is 0 Å². The third kappa shape index (κ3) is 2.33. The van der Waals surface area contributed by atoms with Crippen LogP contribution in [0.25, 0.3) is 10.9 Å². The summed E-state index contributed by atoms with van der Waals surface area (Å²) in [6, 6.07) is 4.92. The molecule has 2 heterocycles. The molecule has 112 valence electrons. The van der Waals surface area contributed by atoms with E-state index in [9.17, 15) is 4.79 Å². The highest BCUT2D eigenvalue weighted by Crippen LogP contribution is 2.31. The molecule has 2 aromatic rings. The predicted octanol–water partition coefficient (Wildman–Crippen LogP) is 3.08. The average molecular weight is 286 g/mol. The van der Waals surface area contributed by atoms with E-state index in [1.807, 2.05) is 24.7 Å². The first-order chi connectivity index (χ1) is 10.0. The van der Waals surface area contributed by atoms with Gasteiger partial charge in [-0.15, -0.1) is 0 Å². The first kappa shape index (κ1) is 14.1. The molecule has 0 aliphatic carbocycles. The van der Waals surface area contributed by atoms with Crippen molar-refractivity contribution < 1.29 is 9.53 Å². The maximum Gasteiger partial charge on any atom is 0.340 e. The molecule has 0 saturated heterocycles. The molecule has 0 amide bonds. The molecule has 0 atom stereocenters. The standard InChI is InChI=1S/C17H22N2O2/c1-5-21-17(20)15-10-18(4)16-7-13-9-19(11(2)3)8-12(13)6-14(15)16/h6-7,10-11H,5,8-9H2,1-4H3. The number of esters is 1. The average Bonchev–Trinajstić information content (AvgIpc) is 2.98. The lowest BCUT2D eigenvalue weighted by Gasteiger charge is -2.18. The van der Waals surface area contributed by atoms with Crippen LogP contribution < -0.4 is 0 Å². The van der Waals surface area contributed by atoms with Gasteiger partial charge in [-0.05, 0) is 44.0 Å². The fourth-order valence-electron chi connectivity index (χ4n) is 3.04. The Hall–Kier alpha value is -1.81. The molecule has 1 aliphatic heterocycles. The van der Waals surface area contributed by atoms with E-state index in [2.05, 4.69) is 30.9 Å². The Kier molecular flexibility index (Phi) is 3.49. The van der Waals surface area contributed by atoms with E-state index in [1.165, 1.54) is 11.1 Å². The number of aryl methyl sites for hydroxylation is 1. The van der Waals surface area contributed by atoms with Crippen LogP contribution in [0.2, 0.25) is 0 Å². The number of benzene rings is 1. The number of aromatic nitrogens is 1. The Labute approximate surface area is 125 Å². The van der Waals surface area contributed by atoms with Crippen molar-refractivity contribution in [3.05, 3.63) is 35.0 Å². The van der Waals surface area contributed by atoms with Crippen molar-refractivity contribution in [1.29, 1.82) is 0 Å². The highest BCUT2D eigenvalue weighted by Gasteiger charge is 2.24. The van der Waals surface area contributed by atoms with E-state index in [0.29, 0.717) is 18.2 Å². The normalized spacial score (nSPS) is 14.9. The van der Waals surface area contributed by atoms with Crippen LogP contribution in [-0.4, -0.2) is 28.1 Å². The molecule has 0 N–H and O–H groups in total. The van der Waals surface area contributed by atoms with Crippen LogP contribution >= 0.6 is 0 Å². The number of rotatable bonds is 3. The third-order valence-corrected chi connectivity index (χ3v) is 4.28. The van der Waals surface area contributed by atoms with Crippen molar-refractivity contribution in [2.24, 2.45) is 7.05 Å². The minimum atomic E-state index is -0.234. The van der Waals surface area contributed by atoms with Crippen molar-refractivity contribution in [3.8, 4) is 0 Å². The van der Waals surface area contributed by atoms with Gasteiger partial charge in [-0.1, -0.05) is 0 Å². The zero-order valence-corrected chi connectivity index (χ0v) is 13.1. The summed E-state index contributed by atoms with van der Waals surface area (Å²) in [7, 11) is 1.98. The summed E-state index contributed by atoms with van der Waals surface area (Å²) in [5, 5.41) is 1.00. The number of nitrogens with zero attached hydrogens (tertiary/aromatic N) is 2. The van der Waals surface area contributed by atoms with Crippen LogP contribution in [0.15, 0.2) is 18.3 Å². The van der Waals surface area contributed by atoms with Gasteiger partial charge in [0.2, 0.25) is 0 Å². The number of carbonyl (C=O) groups excluding carboxylic acids is 1. The number of hydrogen-bond donors (Lipinski definition) is 0. The van der Waals surface area contributed by atoms with Crippen molar-refractivity contribution in [2.75, 3.05) is 6.61 Å². The van der Waals surface area contributed by atoms with Gasteiger partial charge in [-0.3, -0.25) is 4.90 Å². The van der Waals surface area contributed by atoms with Crippen LogP contribution in [0.3, 0.4) is 0 Å². The number of fused-ring (bicyclic) bond motifs is 2. The molecule has 4 heteroatoms. The lowest BCUT2D eigenvalue weighted by Crippen LogP contribution is -2.24. The highest BCUT2D eigenvalue weighted by atomic mass is 16.5. The van der Waals surface area contributed by atoms with E-state index in [-0.39, 0.29) is 5.97 Å². The van der Waals surface area contributed by atoms with Gasteiger partial charge in [0, 0.05) is 43.3 Å². The smallest absolute Gasteiger partial charge is 0.340 e. The van der Waals surface area contributed by atoms with Crippen molar-refractivity contribution in [2.45, 2.75) is 39.9 Å². The maximum atomic E-state index is 12.1. The largest absolute Gasteiger partial charge is 0.462 e. The van der Waals surface area contributed by atoms with E-state index >= 15 is 0 Å². The van der Waals surface area contributed by atoms with Gasteiger partial charge in [-0.25, -0.2) is 4.79 Å². The second-order valence-corrected chi connectivity index (χ2v) is 6.01. The van der Waals surface area contributed by atoms with Gasteiger partial charge in [0.25, 0.3) is 0 Å². The SMILES string of the molecule is CCOC(=O)c1cn(C)c2cc3c(cc12)CN(C(C)C)C3. The van der Waals surface area contributed by atoms with E-state index < -0.39 is 0 Å². The Morgan fingerprint density at radius 3 is 2.57 bits per heavy atom. The summed E-state index contributed by atoms with van der Waals surface area (Å²) in [4.78, 5) is 14.5. The molecule has 1 aromatic heterocycles. The van der Waals surface area contributed by atoms with Crippen molar-refractivity contribution in [1.82, 2.24) is 9.47 Å². The first-order valence-electron chi connectivity index (χ1n) is 7.53. The summed E-state index contributed by atoms with van der Waals surface area (Å²) in [6.45, 7) is 8.62. The zero-order valence-electron chi connectivity index (χ0n) is 13.1. The lowest BCUT2D eigenvalue weighted by atomic mass is 10.1. The molecule has 0 radical (unpaired) electrons. The Balaban J connectivity index is 2.07. The summed E-state index contributed by atoms with van der Waals surface area (Å²) >= 11 is 0. The van der Waals surface area contributed by atoms with E-state index in [0.717, 1.165) is 24.0 Å². The molecule has 0 spiro atoms. The summed E-state index contributed by atoms with van der Waals surface area (Å²) in [5.74, 6) is -0.234. The summed E-state index contributed by atoms with van der Waals surface area (Å²) in [5.41, 5.74) is 4.46. The monoisotopic (exact) mass is 286 g/mol. The third-order valence-electron chi connectivity index (χ3n) is 4.28. The Bertz CT molecular complexity index is 700. The fourth-order valence-corrected chi connectivity index (χ4v) is 3.04. The minimum absolute atomic E-state index is 0.234. The maximum absolute atomic E-state index is 12.1. The fraction of sp³-hybridized carbons (Fsp3) is 0.471. The molecule has 0 saturated carbocycles. The predicted molar refractivity (Wildman–Crippen MR) is 83.3 cm³/mol. The van der Waals surface area contributed by atoms with Gasteiger partial charge >= 0.3 is 5.97 Å². The first-order valence-corrected chi connectivity index (χ1v) is 7.53.